The number of aryl methyl sites for hydroxylation is 1. The second-order valence-electron chi connectivity index (χ2n) is 9.04. The van der Waals surface area contributed by atoms with Gasteiger partial charge in [-0.1, -0.05) is 50.6 Å². The maximum Gasteiger partial charge on any atom is 0.239 e. The van der Waals surface area contributed by atoms with Gasteiger partial charge in [0.25, 0.3) is 0 Å². The third-order valence-electron chi connectivity index (χ3n) is 7.47. The van der Waals surface area contributed by atoms with Crippen molar-refractivity contribution in [3.05, 3.63) is 59.1 Å². The summed E-state index contributed by atoms with van der Waals surface area (Å²) >= 11 is 6.04. The van der Waals surface area contributed by atoms with Crippen LogP contribution in [0.5, 0.6) is 0 Å². The molecule has 0 heterocycles. The number of nitrogens with one attached hydrogen (secondary N) is 2. The predicted molar refractivity (Wildman–Crippen MR) is 121 cm³/mol. The molecule has 2 fully saturated rings. The van der Waals surface area contributed by atoms with Crippen molar-refractivity contribution in [2.75, 3.05) is 10.7 Å². The molecule has 30 heavy (non-hydrogen) atoms. The lowest BCUT2D eigenvalue weighted by atomic mass is 9.64. The molecular weight excluding hydrogens is 398 g/mol. The fourth-order valence-electron chi connectivity index (χ4n) is 5.10. The van der Waals surface area contributed by atoms with Crippen LogP contribution >= 0.6 is 11.6 Å². The van der Waals surface area contributed by atoms with Crippen LogP contribution in [-0.2, 0) is 9.59 Å². The summed E-state index contributed by atoms with van der Waals surface area (Å²) in [5, 5.41) is 8.12. The molecule has 156 valence electrons. The molecule has 6 heteroatoms. The van der Waals surface area contributed by atoms with Gasteiger partial charge in [-0.25, -0.2) is 0 Å². The highest BCUT2D eigenvalue weighted by atomic mass is 35.5. The van der Waals surface area contributed by atoms with Crippen molar-refractivity contribution in [2.24, 2.45) is 21.3 Å². The normalized spacial score (nSPS) is 28.0. The van der Waals surface area contributed by atoms with Crippen LogP contribution in [0.25, 0.3) is 0 Å². The van der Waals surface area contributed by atoms with Crippen molar-refractivity contribution < 1.29 is 9.59 Å². The van der Waals surface area contributed by atoms with E-state index in [9.17, 15) is 9.59 Å². The van der Waals surface area contributed by atoms with E-state index in [1.54, 1.807) is 18.2 Å². The summed E-state index contributed by atoms with van der Waals surface area (Å²) in [5.74, 6) is -0.453. The lowest BCUT2D eigenvalue weighted by molar-refractivity contribution is -0.140. The van der Waals surface area contributed by atoms with Gasteiger partial charge in [0.15, 0.2) is 5.78 Å². The number of ketones is 1. The number of carbonyl (C=O) groups excluding carboxylic acids is 2. The fourth-order valence-corrected chi connectivity index (χ4v) is 5.33. The lowest BCUT2D eigenvalue weighted by Crippen LogP contribution is -2.47. The van der Waals surface area contributed by atoms with Crippen LogP contribution in [-0.4, -0.2) is 17.4 Å². The number of halogens is 1. The Bertz CT molecular complexity index is 1060. The van der Waals surface area contributed by atoms with Gasteiger partial charge in [-0.2, -0.15) is 5.10 Å². The molecule has 2 atom stereocenters. The van der Waals surface area contributed by atoms with Gasteiger partial charge in [-0.15, -0.1) is 0 Å². The van der Waals surface area contributed by atoms with Crippen LogP contribution in [0.15, 0.2) is 53.6 Å². The number of rotatable bonds is 4. The summed E-state index contributed by atoms with van der Waals surface area (Å²) in [5.41, 5.74) is 3.58. The molecule has 2 N–H and O–H groups in total. The molecule has 2 aliphatic carbocycles. The predicted octanol–water partition coefficient (Wildman–Crippen LogP) is 5.45. The lowest BCUT2D eigenvalue weighted by Gasteiger charge is -2.37. The molecule has 0 spiro atoms. The van der Waals surface area contributed by atoms with Gasteiger partial charge in [-0.05, 0) is 61.1 Å². The van der Waals surface area contributed by atoms with Gasteiger partial charge in [-0.3, -0.25) is 15.0 Å². The first-order chi connectivity index (χ1) is 14.1. The van der Waals surface area contributed by atoms with Crippen molar-refractivity contribution in [3.63, 3.8) is 0 Å². The average molecular weight is 424 g/mol. The van der Waals surface area contributed by atoms with Crippen molar-refractivity contribution >= 4 is 40.4 Å². The fraction of sp³-hybridized carbons (Fsp3) is 0.375. The maximum absolute atomic E-state index is 13.6. The van der Waals surface area contributed by atoms with Crippen molar-refractivity contribution in [1.29, 1.82) is 0 Å². The number of hydrazone groups is 1. The van der Waals surface area contributed by atoms with E-state index in [1.165, 1.54) is 0 Å². The number of hydrogen-bond donors (Lipinski definition) is 2. The topological polar surface area (TPSA) is 70.6 Å². The number of benzene rings is 2. The molecule has 5 nitrogen and oxygen atoms in total. The van der Waals surface area contributed by atoms with Crippen molar-refractivity contribution in [3.8, 4) is 0 Å². The SMILES string of the molecule is Cc1cc(Cl)ccc1NC(=O)C12CCC(C)(C(=NNc3ccccc3)C1=O)C2(C)C. The van der Waals surface area contributed by atoms with Crippen molar-refractivity contribution in [2.45, 2.75) is 40.5 Å². The Morgan fingerprint density at radius 3 is 2.43 bits per heavy atom. The molecule has 2 aromatic carbocycles. The molecule has 0 radical (unpaired) electrons. The number of fused-ring (bicyclic) bond motifs is 2. The Morgan fingerprint density at radius 1 is 1.07 bits per heavy atom. The van der Waals surface area contributed by atoms with Gasteiger partial charge >= 0.3 is 0 Å². The zero-order valence-electron chi connectivity index (χ0n) is 17.7. The van der Waals surface area contributed by atoms with Gasteiger partial charge in [0.05, 0.1) is 5.69 Å². The number of nitrogens with zero attached hydrogens (tertiary/aromatic N) is 1. The third-order valence-corrected chi connectivity index (χ3v) is 7.70. The summed E-state index contributed by atoms with van der Waals surface area (Å²) in [6.45, 7) is 7.96. The molecular formula is C24H26ClN3O2. The van der Waals surface area contributed by atoms with Crippen molar-refractivity contribution in [1.82, 2.24) is 0 Å². The van der Waals surface area contributed by atoms with E-state index in [4.69, 9.17) is 11.6 Å². The van der Waals surface area contributed by atoms with E-state index in [-0.39, 0.29) is 11.7 Å². The second kappa shape index (κ2) is 6.95. The summed E-state index contributed by atoms with van der Waals surface area (Å²) in [7, 11) is 0. The quantitative estimate of drug-likeness (QED) is 0.507. The molecule has 2 bridgehead atoms. The summed E-state index contributed by atoms with van der Waals surface area (Å²) in [4.78, 5) is 27.2. The first kappa shape index (κ1) is 20.6. The van der Waals surface area contributed by atoms with Crippen LogP contribution in [0.4, 0.5) is 11.4 Å². The van der Waals surface area contributed by atoms with Crippen LogP contribution in [0.1, 0.15) is 39.2 Å². The number of amides is 1. The van der Waals surface area contributed by atoms with Gasteiger partial charge in [0, 0.05) is 16.1 Å². The molecule has 2 aliphatic rings. The van der Waals surface area contributed by atoms with E-state index in [1.807, 2.05) is 58.0 Å². The standard InChI is InChI=1S/C24H26ClN3O2/c1-15-14-16(25)10-11-18(15)26-21(30)24-13-12-23(4,22(24,2)3)19(20(24)29)28-27-17-8-6-5-7-9-17/h5-11,14,27H,12-13H2,1-4H3,(H,26,30). The van der Waals surface area contributed by atoms with E-state index >= 15 is 0 Å². The number of para-hydroxylation sites is 1. The zero-order chi connectivity index (χ0) is 21.7. The number of Topliss-reactive ketones (excluding diaryl/α,β-unsaturated/α-hetero) is 1. The van der Waals surface area contributed by atoms with E-state index in [2.05, 4.69) is 15.8 Å². The van der Waals surface area contributed by atoms with Crippen LogP contribution in [0.3, 0.4) is 0 Å². The maximum atomic E-state index is 13.6. The Kier molecular flexibility index (Phi) is 4.77. The zero-order valence-corrected chi connectivity index (χ0v) is 18.4. The molecule has 1 amide bonds. The highest BCUT2D eigenvalue weighted by Gasteiger charge is 2.76. The molecule has 2 saturated carbocycles. The summed E-state index contributed by atoms with van der Waals surface area (Å²) in [6, 6.07) is 14.8. The Labute approximate surface area is 181 Å². The van der Waals surface area contributed by atoms with E-state index in [0.29, 0.717) is 22.8 Å². The van der Waals surface area contributed by atoms with Gasteiger partial charge < -0.3 is 5.32 Å². The molecule has 2 unspecified atom stereocenters. The smallest absolute Gasteiger partial charge is 0.239 e. The first-order valence-electron chi connectivity index (χ1n) is 10.2. The molecule has 4 rings (SSSR count). The van der Waals surface area contributed by atoms with E-state index in [0.717, 1.165) is 17.7 Å². The minimum absolute atomic E-state index is 0.186. The molecule has 0 aliphatic heterocycles. The second-order valence-corrected chi connectivity index (χ2v) is 9.48. The number of anilines is 2. The van der Waals surface area contributed by atoms with Gasteiger partial charge in [0.1, 0.15) is 11.1 Å². The largest absolute Gasteiger partial charge is 0.325 e. The van der Waals surface area contributed by atoms with E-state index < -0.39 is 16.2 Å². The first-order valence-corrected chi connectivity index (χ1v) is 10.5. The number of carbonyl (C=O) groups is 2. The Balaban J connectivity index is 1.70. The van der Waals surface area contributed by atoms with Crippen LogP contribution in [0.2, 0.25) is 5.02 Å². The summed E-state index contributed by atoms with van der Waals surface area (Å²) < 4.78 is 0. The Hall–Kier alpha value is -2.66. The molecule has 0 saturated heterocycles. The van der Waals surface area contributed by atoms with Crippen LogP contribution in [0, 0.1) is 23.2 Å². The van der Waals surface area contributed by atoms with Gasteiger partial charge in [0.2, 0.25) is 5.91 Å². The summed E-state index contributed by atoms with van der Waals surface area (Å²) in [6.07, 6.45) is 1.24. The molecule has 0 aromatic heterocycles. The minimum Gasteiger partial charge on any atom is -0.325 e. The third kappa shape index (κ3) is 2.72. The highest BCUT2D eigenvalue weighted by molar-refractivity contribution is 6.51. The minimum atomic E-state index is -1.15. The monoisotopic (exact) mass is 423 g/mol. The average Bonchev–Trinajstić information content (AvgIpc) is 2.98. The Morgan fingerprint density at radius 2 is 1.77 bits per heavy atom. The highest BCUT2D eigenvalue weighted by Crippen LogP contribution is 2.69. The number of hydrogen-bond acceptors (Lipinski definition) is 4. The van der Waals surface area contributed by atoms with Crippen LogP contribution < -0.4 is 10.7 Å². The molecule has 2 aromatic rings.